The molecule has 76 valence electrons. The fraction of sp³-hybridized carbons (Fsp3) is 0.667. The van der Waals surface area contributed by atoms with Gasteiger partial charge in [-0.15, -0.1) is 0 Å². The number of hydrogen-bond acceptors (Lipinski definition) is 3. The Kier molecular flexibility index (Phi) is 2.02. The molecular formula is C9H12N2O3. The van der Waals surface area contributed by atoms with Gasteiger partial charge in [-0.05, 0) is 12.8 Å². The van der Waals surface area contributed by atoms with Crippen LogP contribution in [0, 0.1) is 0 Å². The van der Waals surface area contributed by atoms with Gasteiger partial charge in [-0.2, -0.15) is 0 Å². The summed E-state index contributed by atoms with van der Waals surface area (Å²) in [6.45, 7) is 1.89. The highest BCUT2D eigenvalue weighted by molar-refractivity contribution is 6.04. The van der Waals surface area contributed by atoms with E-state index in [1.165, 1.54) is 6.92 Å². The van der Waals surface area contributed by atoms with Gasteiger partial charge in [0, 0.05) is 13.5 Å². The second kappa shape index (κ2) is 3.08. The van der Waals surface area contributed by atoms with E-state index in [9.17, 15) is 14.4 Å². The first-order valence-corrected chi connectivity index (χ1v) is 4.72. The molecule has 3 amide bonds. The van der Waals surface area contributed by atoms with Gasteiger partial charge < -0.3 is 4.90 Å². The molecule has 2 aliphatic rings. The number of carbonyl (C=O) groups excluding carboxylic acids is 3. The number of nitrogens with zero attached hydrogens (tertiary/aromatic N) is 2. The van der Waals surface area contributed by atoms with Crippen LogP contribution in [0.25, 0.3) is 0 Å². The second-order valence-electron chi connectivity index (χ2n) is 3.69. The van der Waals surface area contributed by atoms with Crippen LogP contribution < -0.4 is 0 Å². The van der Waals surface area contributed by atoms with E-state index in [1.54, 1.807) is 4.90 Å². The molecule has 2 heterocycles. The summed E-state index contributed by atoms with van der Waals surface area (Å²) < 4.78 is 0. The van der Waals surface area contributed by atoms with Crippen LogP contribution >= 0.6 is 0 Å². The second-order valence-corrected chi connectivity index (χ2v) is 3.69. The lowest BCUT2D eigenvalue weighted by Gasteiger charge is -2.34. The van der Waals surface area contributed by atoms with Crippen LogP contribution in [-0.4, -0.2) is 46.7 Å². The maximum Gasteiger partial charge on any atom is 0.252 e. The van der Waals surface area contributed by atoms with Gasteiger partial charge in [0.2, 0.25) is 11.8 Å². The van der Waals surface area contributed by atoms with Crippen LogP contribution in [0.2, 0.25) is 0 Å². The van der Waals surface area contributed by atoms with Crippen molar-refractivity contribution in [1.82, 2.24) is 9.80 Å². The first kappa shape index (κ1) is 9.18. The van der Waals surface area contributed by atoms with E-state index in [-0.39, 0.29) is 30.3 Å². The Hall–Kier alpha value is -1.39. The molecule has 1 atom stereocenters. The SMILES string of the molecule is CC(=O)N1CC(=O)N2CCCC2C1=O. The molecule has 5 nitrogen and oxygen atoms in total. The highest BCUT2D eigenvalue weighted by Gasteiger charge is 2.43. The molecule has 0 bridgehead atoms. The lowest BCUT2D eigenvalue weighted by Crippen LogP contribution is -2.58. The van der Waals surface area contributed by atoms with Crippen molar-refractivity contribution < 1.29 is 14.4 Å². The number of fused-ring (bicyclic) bond motifs is 1. The molecule has 0 spiro atoms. The number of piperazine rings is 1. The molecule has 0 radical (unpaired) electrons. The van der Waals surface area contributed by atoms with Crippen LogP contribution in [0.5, 0.6) is 0 Å². The molecule has 2 saturated heterocycles. The van der Waals surface area contributed by atoms with E-state index >= 15 is 0 Å². The monoisotopic (exact) mass is 196 g/mol. The molecule has 14 heavy (non-hydrogen) atoms. The Morgan fingerprint density at radius 2 is 2.14 bits per heavy atom. The minimum absolute atomic E-state index is 0.0787. The molecule has 2 aliphatic heterocycles. The third kappa shape index (κ3) is 1.20. The lowest BCUT2D eigenvalue weighted by atomic mass is 10.1. The van der Waals surface area contributed by atoms with Crippen LogP contribution in [0.4, 0.5) is 0 Å². The molecule has 0 aromatic rings. The summed E-state index contributed by atoms with van der Waals surface area (Å²) in [4.78, 5) is 36.9. The van der Waals surface area contributed by atoms with E-state index in [1.807, 2.05) is 0 Å². The Balaban J connectivity index is 2.24. The number of amides is 3. The predicted octanol–water partition coefficient (Wildman–Crippen LogP) is -0.634. The van der Waals surface area contributed by atoms with Gasteiger partial charge in [-0.3, -0.25) is 19.3 Å². The minimum atomic E-state index is -0.375. The maximum atomic E-state index is 11.7. The molecule has 0 aromatic carbocycles. The van der Waals surface area contributed by atoms with Crippen molar-refractivity contribution in [3.05, 3.63) is 0 Å². The van der Waals surface area contributed by atoms with Crippen molar-refractivity contribution >= 4 is 17.7 Å². The van der Waals surface area contributed by atoms with Crippen molar-refractivity contribution in [1.29, 1.82) is 0 Å². The molecule has 0 aromatic heterocycles. The van der Waals surface area contributed by atoms with Crippen LogP contribution in [0.1, 0.15) is 19.8 Å². The number of rotatable bonds is 0. The average molecular weight is 196 g/mol. The van der Waals surface area contributed by atoms with E-state index in [4.69, 9.17) is 0 Å². The van der Waals surface area contributed by atoms with Crippen molar-refractivity contribution in [2.75, 3.05) is 13.1 Å². The fourth-order valence-corrected chi connectivity index (χ4v) is 2.07. The summed E-state index contributed by atoms with van der Waals surface area (Å²) in [5, 5.41) is 0. The predicted molar refractivity (Wildman–Crippen MR) is 47.1 cm³/mol. The van der Waals surface area contributed by atoms with Gasteiger partial charge in [-0.25, -0.2) is 0 Å². The van der Waals surface area contributed by atoms with Crippen molar-refractivity contribution in [3.63, 3.8) is 0 Å². The summed E-state index contributed by atoms with van der Waals surface area (Å²) >= 11 is 0. The molecule has 2 fully saturated rings. The zero-order valence-electron chi connectivity index (χ0n) is 8.02. The van der Waals surface area contributed by atoms with Gasteiger partial charge in [-0.1, -0.05) is 0 Å². The molecule has 1 unspecified atom stereocenters. The summed E-state index contributed by atoms with van der Waals surface area (Å²) in [5.74, 6) is -0.660. The summed E-state index contributed by atoms with van der Waals surface area (Å²) in [6.07, 6.45) is 1.54. The van der Waals surface area contributed by atoms with Crippen LogP contribution in [0.3, 0.4) is 0 Å². The summed E-state index contributed by atoms with van der Waals surface area (Å²) in [7, 11) is 0. The summed E-state index contributed by atoms with van der Waals surface area (Å²) in [5.41, 5.74) is 0. The van der Waals surface area contributed by atoms with Crippen LogP contribution in [0.15, 0.2) is 0 Å². The lowest BCUT2D eigenvalue weighted by molar-refractivity contribution is -0.159. The largest absolute Gasteiger partial charge is 0.329 e. The first-order chi connectivity index (χ1) is 6.61. The zero-order valence-corrected chi connectivity index (χ0v) is 8.02. The first-order valence-electron chi connectivity index (χ1n) is 4.72. The van der Waals surface area contributed by atoms with Gasteiger partial charge in [0.25, 0.3) is 5.91 Å². The molecule has 0 aliphatic carbocycles. The molecule has 0 saturated carbocycles. The van der Waals surface area contributed by atoms with E-state index in [2.05, 4.69) is 0 Å². The zero-order chi connectivity index (χ0) is 10.3. The third-order valence-electron chi connectivity index (χ3n) is 2.80. The molecule has 5 heteroatoms. The third-order valence-corrected chi connectivity index (χ3v) is 2.80. The minimum Gasteiger partial charge on any atom is -0.329 e. The number of hydrogen-bond donors (Lipinski definition) is 0. The molecule has 2 rings (SSSR count). The van der Waals surface area contributed by atoms with Crippen molar-refractivity contribution in [2.24, 2.45) is 0 Å². The number of carbonyl (C=O) groups is 3. The van der Waals surface area contributed by atoms with Gasteiger partial charge >= 0.3 is 0 Å². The quantitative estimate of drug-likeness (QED) is 0.518. The normalized spacial score (nSPS) is 26.8. The van der Waals surface area contributed by atoms with E-state index < -0.39 is 0 Å². The Morgan fingerprint density at radius 1 is 1.43 bits per heavy atom. The van der Waals surface area contributed by atoms with E-state index in [0.717, 1.165) is 11.3 Å². The Labute approximate surface area is 81.7 Å². The fourth-order valence-electron chi connectivity index (χ4n) is 2.07. The average Bonchev–Trinajstić information content (AvgIpc) is 2.59. The molecular weight excluding hydrogens is 184 g/mol. The maximum absolute atomic E-state index is 11.7. The van der Waals surface area contributed by atoms with Crippen LogP contribution in [-0.2, 0) is 14.4 Å². The topological polar surface area (TPSA) is 57.7 Å². The highest BCUT2D eigenvalue weighted by Crippen LogP contribution is 2.23. The summed E-state index contributed by atoms with van der Waals surface area (Å²) in [6, 6.07) is -0.375. The van der Waals surface area contributed by atoms with Gasteiger partial charge in [0.05, 0.1) is 0 Å². The van der Waals surface area contributed by atoms with Crippen molar-refractivity contribution in [3.8, 4) is 0 Å². The molecule has 0 N–H and O–H groups in total. The Bertz CT molecular complexity index is 313. The van der Waals surface area contributed by atoms with Crippen molar-refractivity contribution in [2.45, 2.75) is 25.8 Å². The van der Waals surface area contributed by atoms with Gasteiger partial charge in [0.15, 0.2) is 0 Å². The number of imide groups is 1. The highest BCUT2D eigenvalue weighted by atomic mass is 16.2. The van der Waals surface area contributed by atoms with Gasteiger partial charge in [0.1, 0.15) is 12.6 Å². The smallest absolute Gasteiger partial charge is 0.252 e. The standard InChI is InChI=1S/C9H12N2O3/c1-6(12)11-5-8(13)10-4-2-3-7(10)9(11)14/h7H,2-5H2,1H3. The Morgan fingerprint density at radius 3 is 2.79 bits per heavy atom. The van der Waals surface area contributed by atoms with E-state index in [0.29, 0.717) is 13.0 Å².